The van der Waals surface area contributed by atoms with Crippen molar-refractivity contribution < 1.29 is 0 Å². The second kappa shape index (κ2) is 13.0. The maximum absolute atomic E-state index is 3.75. The van der Waals surface area contributed by atoms with Crippen LogP contribution in [0.25, 0.3) is 33.6 Å². The summed E-state index contributed by atoms with van der Waals surface area (Å²) in [6, 6.07) is 50.6. The largest absolute Gasteiger partial charge is 0.355 e. The van der Waals surface area contributed by atoms with Crippen LogP contribution in [0.5, 0.6) is 0 Å². The number of hydrogen-bond acceptors (Lipinski definition) is 2. The first-order valence-electron chi connectivity index (χ1n) is 18.1. The third-order valence-corrected chi connectivity index (χ3v) is 10.7. The van der Waals surface area contributed by atoms with Crippen molar-refractivity contribution in [2.24, 2.45) is 5.41 Å². The van der Waals surface area contributed by atoms with Crippen molar-refractivity contribution >= 4 is 62.0 Å². The van der Waals surface area contributed by atoms with Crippen LogP contribution >= 0.6 is 0 Å². The van der Waals surface area contributed by atoms with E-state index in [0.717, 1.165) is 47.7 Å². The summed E-state index contributed by atoms with van der Waals surface area (Å²) in [6.45, 7) is 2.41. The lowest BCUT2D eigenvalue weighted by molar-refractivity contribution is 0.599. The smallest absolute Gasteiger partial charge is 0.0484 e. The molecule has 0 amide bonds. The number of para-hydroxylation sites is 2. The highest BCUT2D eigenvalue weighted by Gasteiger charge is 2.39. The molecular weight excluding hydrogens is 617 g/mol. The minimum atomic E-state index is -0.110. The summed E-state index contributed by atoms with van der Waals surface area (Å²) in [6.07, 6.45) is 19.4. The van der Waals surface area contributed by atoms with Crippen molar-refractivity contribution in [3.63, 3.8) is 0 Å². The molecule has 3 aliphatic carbocycles. The van der Waals surface area contributed by atoms with Crippen LogP contribution in [0, 0.1) is 5.41 Å². The molecular formula is C49H40N2. The average molecular weight is 657 g/mol. The summed E-state index contributed by atoms with van der Waals surface area (Å²) in [4.78, 5) is 2.36. The minimum absolute atomic E-state index is 0.110. The van der Waals surface area contributed by atoms with Crippen molar-refractivity contribution in [2.75, 3.05) is 10.2 Å². The molecule has 6 aromatic carbocycles. The standard InChI is InChI=1S/C49H40N2/c1-49-32-14-13-23-46(49)44-30-26-36-17-11-12-22-42(36)45(44)34-47(49)37-24-27-40(28-25-37)51(39-20-9-4-10-21-39)41-29-31-43(35-15-5-2-6-16-35)48(33-41)50-38-18-7-3-8-19-38/h3-5,7-31,33-34,50H,2,6,32H2,1H3. The third-order valence-electron chi connectivity index (χ3n) is 10.7. The third kappa shape index (κ3) is 5.63. The molecule has 1 unspecified atom stereocenters. The molecule has 3 aliphatic rings. The molecule has 0 saturated heterocycles. The maximum atomic E-state index is 3.75. The Morgan fingerprint density at radius 3 is 2.16 bits per heavy atom. The molecule has 0 aliphatic heterocycles. The Balaban J connectivity index is 1.15. The maximum Gasteiger partial charge on any atom is 0.0484 e. The van der Waals surface area contributed by atoms with E-state index in [1.165, 1.54) is 49.7 Å². The number of anilines is 5. The quantitative estimate of drug-likeness (QED) is 0.184. The van der Waals surface area contributed by atoms with Crippen molar-refractivity contribution in [3.8, 4) is 0 Å². The molecule has 1 N–H and O–H groups in total. The van der Waals surface area contributed by atoms with Crippen LogP contribution < -0.4 is 10.2 Å². The van der Waals surface area contributed by atoms with E-state index in [1.54, 1.807) is 0 Å². The molecule has 0 radical (unpaired) electrons. The Hall–Kier alpha value is -6.12. The number of benzene rings is 6. The first kappa shape index (κ1) is 30.9. The van der Waals surface area contributed by atoms with Gasteiger partial charge in [-0.25, -0.2) is 0 Å². The van der Waals surface area contributed by atoms with Crippen LogP contribution in [-0.2, 0) is 0 Å². The highest BCUT2D eigenvalue weighted by atomic mass is 15.1. The number of allylic oxidation sites excluding steroid dienone is 9. The van der Waals surface area contributed by atoms with Gasteiger partial charge in [-0.1, -0.05) is 134 Å². The fourth-order valence-electron chi connectivity index (χ4n) is 8.13. The lowest BCUT2D eigenvalue weighted by atomic mass is 9.62. The molecule has 51 heavy (non-hydrogen) atoms. The molecule has 0 bridgehead atoms. The lowest BCUT2D eigenvalue weighted by Crippen LogP contribution is -2.25. The summed E-state index contributed by atoms with van der Waals surface area (Å²) in [7, 11) is 0. The fourth-order valence-corrected chi connectivity index (χ4v) is 8.13. The van der Waals surface area contributed by atoms with E-state index in [9.17, 15) is 0 Å². The second-order valence-electron chi connectivity index (χ2n) is 13.9. The topological polar surface area (TPSA) is 15.3 Å². The summed E-state index contributed by atoms with van der Waals surface area (Å²) in [5.41, 5.74) is 14.5. The first-order valence-corrected chi connectivity index (χ1v) is 18.1. The van der Waals surface area contributed by atoms with Crippen LogP contribution in [0.15, 0.2) is 176 Å². The normalized spacial score (nSPS) is 17.5. The van der Waals surface area contributed by atoms with E-state index in [4.69, 9.17) is 0 Å². The monoisotopic (exact) mass is 656 g/mol. The summed E-state index contributed by atoms with van der Waals surface area (Å²) in [5, 5.41) is 6.33. The molecule has 9 rings (SSSR count). The van der Waals surface area contributed by atoms with Gasteiger partial charge in [-0.3, -0.25) is 0 Å². The Kier molecular flexibility index (Phi) is 7.86. The van der Waals surface area contributed by atoms with E-state index in [-0.39, 0.29) is 5.41 Å². The van der Waals surface area contributed by atoms with Crippen molar-refractivity contribution in [2.45, 2.75) is 26.2 Å². The van der Waals surface area contributed by atoms with Crippen LogP contribution in [0.3, 0.4) is 0 Å². The Morgan fingerprint density at radius 2 is 1.35 bits per heavy atom. The van der Waals surface area contributed by atoms with Gasteiger partial charge in [0.15, 0.2) is 0 Å². The number of nitrogens with one attached hydrogen (secondary N) is 1. The second-order valence-corrected chi connectivity index (χ2v) is 13.9. The van der Waals surface area contributed by atoms with Crippen molar-refractivity contribution in [1.29, 1.82) is 0 Å². The van der Waals surface area contributed by atoms with Gasteiger partial charge in [-0.15, -0.1) is 0 Å². The zero-order valence-corrected chi connectivity index (χ0v) is 28.9. The van der Waals surface area contributed by atoms with E-state index < -0.39 is 0 Å². The van der Waals surface area contributed by atoms with Crippen molar-refractivity contribution in [3.05, 3.63) is 198 Å². The molecule has 0 aromatic heterocycles. The zero-order valence-electron chi connectivity index (χ0n) is 28.9. The lowest BCUT2D eigenvalue weighted by Gasteiger charge is -2.40. The predicted octanol–water partition coefficient (Wildman–Crippen LogP) is 13.7. The van der Waals surface area contributed by atoms with Gasteiger partial charge in [0.25, 0.3) is 0 Å². The highest BCUT2D eigenvalue weighted by molar-refractivity contribution is 6.08. The summed E-state index contributed by atoms with van der Waals surface area (Å²) >= 11 is 0. The Morgan fingerprint density at radius 1 is 0.627 bits per heavy atom. The zero-order chi connectivity index (χ0) is 34.2. The number of hydrogen-bond donors (Lipinski definition) is 1. The summed E-state index contributed by atoms with van der Waals surface area (Å²) in [5.74, 6) is 0. The van der Waals surface area contributed by atoms with E-state index in [0.29, 0.717) is 0 Å². The molecule has 1 atom stereocenters. The molecule has 0 saturated carbocycles. The minimum Gasteiger partial charge on any atom is -0.355 e. The number of nitrogens with zero attached hydrogens (tertiary/aromatic N) is 1. The van der Waals surface area contributed by atoms with E-state index in [2.05, 4.69) is 199 Å². The Bertz CT molecular complexity index is 2410. The van der Waals surface area contributed by atoms with Gasteiger partial charge in [0.2, 0.25) is 0 Å². The number of rotatable bonds is 7. The molecule has 246 valence electrons. The molecule has 0 fully saturated rings. The fraction of sp³-hybridized carbons (Fsp3) is 0.102. The van der Waals surface area contributed by atoms with Crippen LogP contribution in [0.2, 0.25) is 0 Å². The van der Waals surface area contributed by atoms with Crippen molar-refractivity contribution in [1.82, 2.24) is 0 Å². The SMILES string of the molecule is CC12CC=CC=C1c1ccc3ccccc3c1C=C2c1ccc(N(c2ccccc2)c2ccc(C3=CCCC=C3)c(Nc3ccccc3)c2)cc1. The van der Waals surface area contributed by atoms with E-state index in [1.807, 2.05) is 0 Å². The van der Waals surface area contributed by atoms with Crippen LogP contribution in [-0.4, -0.2) is 0 Å². The van der Waals surface area contributed by atoms with Gasteiger partial charge in [0.1, 0.15) is 0 Å². The molecule has 0 heterocycles. The van der Waals surface area contributed by atoms with E-state index >= 15 is 0 Å². The average Bonchev–Trinajstić information content (AvgIpc) is 3.19. The Labute approximate surface area is 301 Å². The van der Waals surface area contributed by atoms with Crippen LogP contribution in [0.1, 0.15) is 48.4 Å². The van der Waals surface area contributed by atoms with Crippen LogP contribution in [0.4, 0.5) is 28.4 Å². The predicted molar refractivity (Wildman–Crippen MR) is 219 cm³/mol. The molecule has 0 spiro atoms. The number of fused-ring (bicyclic) bond motifs is 5. The van der Waals surface area contributed by atoms with Gasteiger partial charge in [0, 0.05) is 39.4 Å². The molecule has 6 aromatic rings. The van der Waals surface area contributed by atoms with Gasteiger partial charge in [-0.05, 0) is 118 Å². The summed E-state index contributed by atoms with van der Waals surface area (Å²) < 4.78 is 0. The van der Waals surface area contributed by atoms with Gasteiger partial charge >= 0.3 is 0 Å². The highest BCUT2D eigenvalue weighted by Crippen LogP contribution is 2.56. The molecule has 2 heteroatoms. The first-order chi connectivity index (χ1) is 25.2. The van der Waals surface area contributed by atoms with Gasteiger partial charge in [0.05, 0.1) is 0 Å². The molecule has 2 nitrogen and oxygen atoms in total. The van der Waals surface area contributed by atoms with Gasteiger partial charge in [-0.2, -0.15) is 0 Å². The van der Waals surface area contributed by atoms with Gasteiger partial charge < -0.3 is 10.2 Å².